The van der Waals surface area contributed by atoms with Crippen LogP contribution in [0.25, 0.3) is 0 Å². The van der Waals surface area contributed by atoms with Crippen molar-refractivity contribution in [2.75, 3.05) is 45.7 Å². The molecule has 2 N–H and O–H groups in total. The van der Waals surface area contributed by atoms with Gasteiger partial charge in [-0.1, -0.05) is 0 Å². The van der Waals surface area contributed by atoms with Crippen molar-refractivity contribution in [2.45, 2.75) is 25.7 Å². The number of hydrogen-bond donors (Lipinski definition) is 2. The molecule has 0 atom stereocenters. The Hall–Kier alpha value is -3.20. The highest BCUT2D eigenvalue weighted by molar-refractivity contribution is 5.94. The van der Waals surface area contributed by atoms with Crippen LogP contribution in [0.1, 0.15) is 24.8 Å². The lowest BCUT2D eigenvalue weighted by Crippen LogP contribution is -2.43. The summed E-state index contributed by atoms with van der Waals surface area (Å²) >= 11 is 0. The number of nitrogens with one attached hydrogen (secondary N) is 2. The number of methoxy groups -OCH3 is 2. The molecular formula is C25H31F2N3O4. The molecule has 34 heavy (non-hydrogen) atoms. The van der Waals surface area contributed by atoms with Crippen molar-refractivity contribution in [3.63, 3.8) is 0 Å². The topological polar surface area (TPSA) is 79.9 Å². The van der Waals surface area contributed by atoms with Crippen LogP contribution < -0.4 is 20.1 Å². The second-order valence-corrected chi connectivity index (χ2v) is 8.43. The number of benzene rings is 2. The molecule has 2 aromatic rings. The Bertz CT molecular complexity index is 972. The van der Waals surface area contributed by atoms with Crippen LogP contribution in [-0.4, -0.2) is 57.1 Å². The summed E-state index contributed by atoms with van der Waals surface area (Å²) in [5.74, 6) is -0.639. The minimum absolute atomic E-state index is 0.132. The summed E-state index contributed by atoms with van der Waals surface area (Å²) in [7, 11) is 3.28. The number of piperidine rings is 1. The first-order valence-electron chi connectivity index (χ1n) is 11.3. The van der Waals surface area contributed by atoms with Crippen LogP contribution in [0.4, 0.5) is 14.5 Å². The number of halogens is 2. The van der Waals surface area contributed by atoms with E-state index in [1.165, 1.54) is 11.6 Å². The lowest BCUT2D eigenvalue weighted by Gasteiger charge is -2.31. The van der Waals surface area contributed by atoms with Gasteiger partial charge in [-0.15, -0.1) is 0 Å². The molecule has 2 aromatic carbocycles. The third kappa shape index (κ3) is 7.69. The van der Waals surface area contributed by atoms with E-state index in [0.29, 0.717) is 5.92 Å². The van der Waals surface area contributed by atoms with Crippen LogP contribution in [0.5, 0.6) is 11.5 Å². The second-order valence-electron chi connectivity index (χ2n) is 8.43. The number of amides is 2. The van der Waals surface area contributed by atoms with Gasteiger partial charge in [-0.05, 0) is 74.5 Å². The first-order chi connectivity index (χ1) is 16.4. The molecule has 184 valence electrons. The van der Waals surface area contributed by atoms with E-state index in [-0.39, 0.29) is 24.7 Å². The maximum absolute atomic E-state index is 13.2. The van der Waals surface area contributed by atoms with E-state index in [4.69, 9.17) is 9.47 Å². The first-order valence-corrected chi connectivity index (χ1v) is 11.3. The van der Waals surface area contributed by atoms with Crippen LogP contribution in [0.2, 0.25) is 0 Å². The fourth-order valence-electron chi connectivity index (χ4n) is 4.03. The number of carbonyl (C=O) groups is 2. The molecular weight excluding hydrogens is 444 g/mol. The fourth-order valence-corrected chi connectivity index (χ4v) is 4.03. The quantitative estimate of drug-likeness (QED) is 0.551. The third-order valence-electron chi connectivity index (χ3n) is 5.98. The summed E-state index contributed by atoms with van der Waals surface area (Å²) in [4.78, 5) is 26.2. The maximum Gasteiger partial charge on any atom is 0.243 e. The highest BCUT2D eigenvalue weighted by Gasteiger charge is 2.21. The molecule has 1 fully saturated rings. The van der Waals surface area contributed by atoms with Gasteiger partial charge in [0.05, 0.1) is 27.3 Å². The van der Waals surface area contributed by atoms with E-state index in [2.05, 4.69) is 15.5 Å². The Kier molecular flexibility index (Phi) is 9.21. The van der Waals surface area contributed by atoms with Gasteiger partial charge in [0.2, 0.25) is 11.8 Å². The van der Waals surface area contributed by atoms with Gasteiger partial charge in [0.1, 0.15) is 11.5 Å². The summed E-state index contributed by atoms with van der Waals surface area (Å²) in [5, 5.41) is 5.00. The predicted molar refractivity (Wildman–Crippen MR) is 125 cm³/mol. The number of nitrogens with zero attached hydrogens (tertiary/aromatic N) is 1. The average Bonchev–Trinajstić information content (AvgIpc) is 2.84. The van der Waals surface area contributed by atoms with Crippen molar-refractivity contribution in [3.05, 3.63) is 53.6 Å². The van der Waals surface area contributed by atoms with Crippen molar-refractivity contribution >= 4 is 17.5 Å². The number of carbonyl (C=O) groups excluding carboxylic acids is 2. The molecule has 2 amide bonds. The average molecular weight is 476 g/mol. The first kappa shape index (κ1) is 25.4. The summed E-state index contributed by atoms with van der Waals surface area (Å²) < 4.78 is 36.8. The lowest BCUT2D eigenvalue weighted by molar-refractivity contribution is -0.125. The number of anilines is 1. The number of rotatable bonds is 10. The van der Waals surface area contributed by atoms with E-state index in [0.717, 1.165) is 62.4 Å². The van der Waals surface area contributed by atoms with Gasteiger partial charge in [-0.2, -0.15) is 0 Å². The van der Waals surface area contributed by atoms with Gasteiger partial charge in [0, 0.05) is 17.8 Å². The summed E-state index contributed by atoms with van der Waals surface area (Å²) in [6, 6.07) is 9.01. The smallest absolute Gasteiger partial charge is 0.243 e. The highest BCUT2D eigenvalue weighted by Crippen LogP contribution is 2.26. The molecule has 0 aliphatic carbocycles. The Morgan fingerprint density at radius 3 is 2.26 bits per heavy atom. The number of hydrogen-bond acceptors (Lipinski definition) is 5. The number of likely N-dealkylation sites (tertiary alicyclic amines) is 1. The van der Waals surface area contributed by atoms with Crippen LogP contribution in [0, 0.1) is 17.6 Å². The van der Waals surface area contributed by atoms with E-state index in [1.54, 1.807) is 14.2 Å². The standard InChI is InChI=1S/C25H31F2N3O4/c1-33-20-11-18(12-21(14-20)34-2)4-3-17-7-9-30(10-8-17)16-25(32)28-15-24(31)29-19-5-6-22(26)23(27)13-19/h5-6,11-14,17H,3-4,7-10,15-16H2,1-2H3,(H,28,32)(H,29,31). The molecule has 0 bridgehead atoms. The van der Waals surface area contributed by atoms with Crippen molar-refractivity contribution in [1.29, 1.82) is 0 Å². The van der Waals surface area contributed by atoms with Crippen LogP contribution >= 0.6 is 0 Å². The fraction of sp³-hybridized carbons (Fsp3) is 0.440. The molecule has 3 rings (SSSR count). The highest BCUT2D eigenvalue weighted by atomic mass is 19.2. The zero-order valence-corrected chi connectivity index (χ0v) is 19.5. The molecule has 9 heteroatoms. The molecule has 1 aliphatic heterocycles. The van der Waals surface area contributed by atoms with Crippen molar-refractivity contribution < 1.29 is 27.8 Å². The SMILES string of the molecule is COc1cc(CCC2CCN(CC(=O)NCC(=O)Nc3ccc(F)c(F)c3)CC2)cc(OC)c1. The van der Waals surface area contributed by atoms with Gasteiger partial charge in [0.15, 0.2) is 11.6 Å². The third-order valence-corrected chi connectivity index (χ3v) is 5.98. The monoisotopic (exact) mass is 475 g/mol. The predicted octanol–water partition coefficient (Wildman–Crippen LogP) is 3.38. The Morgan fingerprint density at radius 1 is 0.971 bits per heavy atom. The van der Waals surface area contributed by atoms with Crippen LogP contribution in [0.3, 0.4) is 0 Å². The molecule has 0 spiro atoms. The summed E-state index contributed by atoms with van der Waals surface area (Å²) in [5.41, 5.74) is 1.31. The lowest BCUT2D eigenvalue weighted by atomic mass is 9.90. The zero-order valence-electron chi connectivity index (χ0n) is 19.5. The normalized spacial score (nSPS) is 14.5. The maximum atomic E-state index is 13.2. The largest absolute Gasteiger partial charge is 0.497 e. The summed E-state index contributed by atoms with van der Waals surface area (Å²) in [6.07, 6.45) is 4.00. The van der Waals surface area contributed by atoms with Gasteiger partial charge < -0.3 is 20.1 Å². The van der Waals surface area contributed by atoms with Crippen LogP contribution in [-0.2, 0) is 16.0 Å². The van der Waals surface area contributed by atoms with E-state index in [9.17, 15) is 18.4 Å². The minimum Gasteiger partial charge on any atom is -0.497 e. The van der Waals surface area contributed by atoms with Gasteiger partial charge in [-0.3, -0.25) is 14.5 Å². The molecule has 1 heterocycles. The Labute approximate surface area is 198 Å². The molecule has 1 saturated heterocycles. The van der Waals surface area contributed by atoms with Gasteiger partial charge >= 0.3 is 0 Å². The zero-order chi connectivity index (χ0) is 24.5. The van der Waals surface area contributed by atoms with E-state index in [1.807, 2.05) is 18.2 Å². The van der Waals surface area contributed by atoms with Crippen molar-refractivity contribution in [2.24, 2.45) is 5.92 Å². The summed E-state index contributed by atoms with van der Waals surface area (Å²) in [6.45, 7) is 1.62. The molecule has 0 radical (unpaired) electrons. The second kappa shape index (κ2) is 12.3. The van der Waals surface area contributed by atoms with Crippen LogP contribution in [0.15, 0.2) is 36.4 Å². The van der Waals surface area contributed by atoms with E-state index >= 15 is 0 Å². The van der Waals surface area contributed by atoms with E-state index < -0.39 is 17.5 Å². The Morgan fingerprint density at radius 2 is 1.65 bits per heavy atom. The molecule has 0 unspecified atom stereocenters. The molecule has 0 aromatic heterocycles. The molecule has 1 aliphatic rings. The minimum atomic E-state index is -1.05. The molecule has 7 nitrogen and oxygen atoms in total. The number of aryl methyl sites for hydroxylation is 1. The number of ether oxygens (including phenoxy) is 2. The Balaban J connectivity index is 1.35. The molecule has 0 saturated carbocycles. The van der Waals surface area contributed by atoms with Gasteiger partial charge in [0.25, 0.3) is 0 Å². The van der Waals surface area contributed by atoms with Gasteiger partial charge in [-0.25, -0.2) is 8.78 Å². The van der Waals surface area contributed by atoms with Crippen molar-refractivity contribution in [3.8, 4) is 11.5 Å². The van der Waals surface area contributed by atoms with Crippen molar-refractivity contribution in [1.82, 2.24) is 10.2 Å².